The highest BCUT2D eigenvalue weighted by atomic mass is 16.6. The van der Waals surface area contributed by atoms with Gasteiger partial charge < -0.3 is 18.9 Å². The number of aromatic nitrogens is 1. The quantitative estimate of drug-likeness (QED) is 0.846. The molecule has 1 aromatic heterocycles. The lowest BCUT2D eigenvalue weighted by molar-refractivity contribution is -0.131. The average Bonchev–Trinajstić information content (AvgIpc) is 3.20. The van der Waals surface area contributed by atoms with Crippen molar-refractivity contribution in [3.05, 3.63) is 17.0 Å². The van der Waals surface area contributed by atoms with Gasteiger partial charge in [0.1, 0.15) is 17.5 Å². The topological polar surface area (TPSA) is 64.8 Å². The van der Waals surface area contributed by atoms with Crippen LogP contribution in [0.3, 0.4) is 0 Å². The summed E-state index contributed by atoms with van der Waals surface area (Å²) >= 11 is 0. The Balaban J connectivity index is 1.61. The summed E-state index contributed by atoms with van der Waals surface area (Å²) in [6, 6.07) is 0. The Morgan fingerprint density at radius 3 is 2.91 bits per heavy atom. The third kappa shape index (κ3) is 2.65. The first-order chi connectivity index (χ1) is 10.6. The van der Waals surface area contributed by atoms with E-state index in [2.05, 4.69) is 5.16 Å². The van der Waals surface area contributed by atoms with Crippen molar-refractivity contribution in [3.63, 3.8) is 0 Å². The zero-order valence-electron chi connectivity index (χ0n) is 13.6. The van der Waals surface area contributed by atoms with Gasteiger partial charge in [-0.15, -0.1) is 0 Å². The van der Waals surface area contributed by atoms with E-state index >= 15 is 0 Å². The summed E-state index contributed by atoms with van der Waals surface area (Å²) in [6.07, 6.45) is 3.13. The fourth-order valence-electron chi connectivity index (χ4n) is 3.68. The van der Waals surface area contributed by atoms with Crippen molar-refractivity contribution in [2.45, 2.75) is 51.2 Å². The highest BCUT2D eigenvalue weighted by Gasteiger charge is 2.51. The maximum atomic E-state index is 12.5. The van der Waals surface area contributed by atoms with Gasteiger partial charge in [0.15, 0.2) is 0 Å². The monoisotopic (exact) mass is 308 g/mol. The number of carbonyl (C=O) groups excluding carboxylic acids is 1. The molecule has 122 valence electrons. The number of rotatable bonds is 4. The number of aryl methyl sites for hydroxylation is 2. The smallest absolute Gasteiger partial charge is 0.223 e. The van der Waals surface area contributed by atoms with Gasteiger partial charge in [-0.1, -0.05) is 5.16 Å². The zero-order chi connectivity index (χ0) is 15.7. The second-order valence-corrected chi connectivity index (χ2v) is 6.32. The molecule has 3 rings (SSSR count). The Hall–Kier alpha value is -1.40. The molecular formula is C16H24N2O4. The molecule has 6 heteroatoms. The van der Waals surface area contributed by atoms with Gasteiger partial charge in [-0.25, -0.2) is 0 Å². The number of hydrogen-bond acceptors (Lipinski definition) is 5. The van der Waals surface area contributed by atoms with Crippen molar-refractivity contribution >= 4 is 5.91 Å². The van der Waals surface area contributed by atoms with Crippen LogP contribution in [0.1, 0.15) is 36.3 Å². The Kier molecular flexibility index (Phi) is 4.23. The molecule has 1 amide bonds. The molecular weight excluding hydrogens is 284 g/mol. The number of likely N-dealkylation sites (tertiary alicyclic amines) is 1. The van der Waals surface area contributed by atoms with Gasteiger partial charge in [0.05, 0.1) is 12.2 Å². The molecule has 2 aliphatic heterocycles. The molecule has 3 heterocycles. The summed E-state index contributed by atoms with van der Waals surface area (Å²) < 4.78 is 16.7. The van der Waals surface area contributed by atoms with Gasteiger partial charge in [0.25, 0.3) is 0 Å². The SMILES string of the molecule is CO[C@H]1CN(C(=O)CCc2c(C)noc2C)C[C@@]12CCCO2. The molecule has 2 atom stereocenters. The van der Waals surface area contributed by atoms with Crippen LogP contribution in [0, 0.1) is 13.8 Å². The predicted molar refractivity (Wildman–Crippen MR) is 79.6 cm³/mol. The summed E-state index contributed by atoms with van der Waals surface area (Å²) in [6.45, 7) is 5.83. The fourth-order valence-corrected chi connectivity index (χ4v) is 3.68. The van der Waals surface area contributed by atoms with Crippen LogP contribution >= 0.6 is 0 Å². The van der Waals surface area contributed by atoms with Gasteiger partial charge in [-0.2, -0.15) is 0 Å². The van der Waals surface area contributed by atoms with E-state index in [0.717, 1.165) is 36.5 Å². The molecule has 6 nitrogen and oxygen atoms in total. The van der Waals surface area contributed by atoms with E-state index in [-0.39, 0.29) is 17.6 Å². The van der Waals surface area contributed by atoms with Crippen LogP contribution in [-0.4, -0.2) is 54.5 Å². The van der Waals surface area contributed by atoms with Crippen molar-refractivity contribution in [1.29, 1.82) is 0 Å². The highest BCUT2D eigenvalue weighted by molar-refractivity contribution is 5.77. The summed E-state index contributed by atoms with van der Waals surface area (Å²) in [7, 11) is 1.70. The molecule has 1 aromatic rings. The molecule has 2 aliphatic rings. The lowest BCUT2D eigenvalue weighted by Gasteiger charge is -2.27. The van der Waals surface area contributed by atoms with E-state index in [1.165, 1.54) is 0 Å². The van der Waals surface area contributed by atoms with Crippen molar-refractivity contribution in [3.8, 4) is 0 Å². The number of hydrogen-bond donors (Lipinski definition) is 0. The van der Waals surface area contributed by atoms with E-state index in [0.29, 0.717) is 25.9 Å². The Labute approximate surface area is 130 Å². The zero-order valence-corrected chi connectivity index (χ0v) is 13.6. The molecule has 0 saturated carbocycles. The number of methoxy groups -OCH3 is 1. The van der Waals surface area contributed by atoms with Crippen LogP contribution in [0.25, 0.3) is 0 Å². The van der Waals surface area contributed by atoms with E-state index < -0.39 is 0 Å². The first-order valence-electron chi connectivity index (χ1n) is 7.92. The second kappa shape index (κ2) is 6.01. The number of nitrogens with zero attached hydrogens (tertiary/aromatic N) is 2. The van der Waals surface area contributed by atoms with Crippen LogP contribution in [0.15, 0.2) is 4.52 Å². The minimum Gasteiger partial charge on any atom is -0.377 e. The molecule has 1 spiro atoms. The molecule has 2 fully saturated rings. The normalized spacial score (nSPS) is 28.0. The van der Waals surface area contributed by atoms with Gasteiger partial charge in [-0.3, -0.25) is 4.79 Å². The maximum Gasteiger partial charge on any atom is 0.223 e. The minimum absolute atomic E-state index is 0.0157. The second-order valence-electron chi connectivity index (χ2n) is 6.32. The predicted octanol–water partition coefficient (Wildman–Crippen LogP) is 1.63. The number of carbonyl (C=O) groups is 1. The van der Waals surface area contributed by atoms with Gasteiger partial charge in [0, 0.05) is 32.2 Å². The van der Waals surface area contributed by atoms with Crippen LogP contribution in [0.2, 0.25) is 0 Å². The van der Waals surface area contributed by atoms with Crippen molar-refractivity contribution in [2.24, 2.45) is 0 Å². The fraction of sp³-hybridized carbons (Fsp3) is 0.750. The molecule has 0 bridgehead atoms. The Bertz CT molecular complexity index is 529. The van der Waals surface area contributed by atoms with E-state index in [9.17, 15) is 4.79 Å². The summed E-state index contributed by atoms with van der Waals surface area (Å²) in [5.41, 5.74) is 1.63. The van der Waals surface area contributed by atoms with Crippen LogP contribution in [0.5, 0.6) is 0 Å². The van der Waals surface area contributed by atoms with Crippen LogP contribution in [-0.2, 0) is 20.7 Å². The highest BCUT2D eigenvalue weighted by Crippen LogP contribution is 2.37. The van der Waals surface area contributed by atoms with Gasteiger partial charge >= 0.3 is 0 Å². The standard InChI is InChI=1S/C16H24N2O4/c1-11-13(12(2)22-17-11)5-6-15(19)18-9-14(20-3)16(10-18)7-4-8-21-16/h14H,4-10H2,1-3H3/t14-,16-/m0/s1. The lowest BCUT2D eigenvalue weighted by atomic mass is 9.96. The molecule has 0 unspecified atom stereocenters. The summed E-state index contributed by atoms with van der Waals surface area (Å²) in [5.74, 6) is 0.950. The number of amides is 1. The third-order valence-corrected chi connectivity index (χ3v) is 4.97. The van der Waals surface area contributed by atoms with Crippen LogP contribution < -0.4 is 0 Å². The molecule has 0 aliphatic carbocycles. The largest absolute Gasteiger partial charge is 0.377 e. The molecule has 0 aromatic carbocycles. The van der Waals surface area contributed by atoms with Gasteiger partial charge in [0.2, 0.25) is 5.91 Å². The van der Waals surface area contributed by atoms with Crippen LogP contribution in [0.4, 0.5) is 0 Å². The van der Waals surface area contributed by atoms with Gasteiger partial charge in [-0.05, 0) is 33.1 Å². The first-order valence-corrected chi connectivity index (χ1v) is 7.92. The maximum absolute atomic E-state index is 12.5. The number of ether oxygens (including phenoxy) is 2. The van der Waals surface area contributed by atoms with Crippen molar-refractivity contribution < 1.29 is 18.8 Å². The summed E-state index contributed by atoms with van der Waals surface area (Å²) in [4.78, 5) is 14.4. The molecule has 22 heavy (non-hydrogen) atoms. The lowest BCUT2D eigenvalue weighted by Crippen LogP contribution is -2.42. The third-order valence-electron chi connectivity index (χ3n) is 4.97. The minimum atomic E-state index is -0.284. The van der Waals surface area contributed by atoms with Crippen molar-refractivity contribution in [2.75, 3.05) is 26.8 Å². The van der Waals surface area contributed by atoms with Crippen molar-refractivity contribution in [1.82, 2.24) is 10.1 Å². The summed E-state index contributed by atoms with van der Waals surface area (Å²) in [5, 5.41) is 3.93. The molecule has 0 radical (unpaired) electrons. The molecule has 2 saturated heterocycles. The Morgan fingerprint density at radius 1 is 1.50 bits per heavy atom. The molecule has 0 N–H and O–H groups in total. The Morgan fingerprint density at radius 2 is 2.32 bits per heavy atom. The van der Waals surface area contributed by atoms with E-state index in [1.54, 1.807) is 7.11 Å². The van der Waals surface area contributed by atoms with E-state index in [1.807, 2.05) is 18.7 Å². The first kappa shape index (κ1) is 15.5. The van der Waals surface area contributed by atoms with E-state index in [4.69, 9.17) is 14.0 Å². The average molecular weight is 308 g/mol.